The highest BCUT2D eigenvalue weighted by molar-refractivity contribution is 6.31. The lowest BCUT2D eigenvalue weighted by molar-refractivity contribution is -0.133. The van der Waals surface area contributed by atoms with Gasteiger partial charge in [0.2, 0.25) is 5.91 Å². The summed E-state index contributed by atoms with van der Waals surface area (Å²) in [5.74, 6) is -0.330. The van der Waals surface area contributed by atoms with E-state index in [-0.39, 0.29) is 6.42 Å². The first-order valence-corrected chi connectivity index (χ1v) is 12.6. The van der Waals surface area contributed by atoms with Gasteiger partial charge >= 0.3 is 5.63 Å². The molecule has 1 saturated heterocycles. The monoisotopic (exact) mass is 514 g/mol. The first-order valence-electron chi connectivity index (χ1n) is 12.2. The zero-order chi connectivity index (χ0) is 25.3. The molecule has 0 saturated carbocycles. The lowest BCUT2D eigenvalue weighted by atomic mass is 9.92. The van der Waals surface area contributed by atoms with Crippen LogP contribution >= 0.6 is 11.6 Å². The average molecular weight is 515 g/mol. The largest absolute Gasteiger partial charge is 0.494 e. The summed E-state index contributed by atoms with van der Waals surface area (Å²) in [6, 6.07) is 14.6. The molecule has 1 aliphatic rings. The SMILES string of the molecule is O=C(NO)C(CCc1ccc(OCCCN2CCOCC2)cc1)Cc1cc2ccc(Cl)cc2oc1=O. The molecule has 1 atom stereocenters. The third-order valence-electron chi connectivity index (χ3n) is 6.41. The summed E-state index contributed by atoms with van der Waals surface area (Å²) in [4.78, 5) is 27.2. The van der Waals surface area contributed by atoms with Crippen molar-refractivity contribution in [3.63, 3.8) is 0 Å². The van der Waals surface area contributed by atoms with E-state index in [0.29, 0.717) is 35.6 Å². The summed E-state index contributed by atoms with van der Waals surface area (Å²) in [5, 5.41) is 10.4. The first-order chi connectivity index (χ1) is 17.5. The Kier molecular flexibility index (Phi) is 9.35. The molecule has 2 heterocycles. The number of carbonyl (C=O) groups is 1. The minimum absolute atomic E-state index is 0.150. The van der Waals surface area contributed by atoms with Gasteiger partial charge in [0.15, 0.2) is 0 Å². The molecule has 1 amide bonds. The highest BCUT2D eigenvalue weighted by atomic mass is 35.5. The van der Waals surface area contributed by atoms with Crippen molar-refractivity contribution >= 4 is 28.5 Å². The zero-order valence-corrected chi connectivity index (χ0v) is 20.8. The van der Waals surface area contributed by atoms with Crippen LogP contribution in [-0.4, -0.2) is 55.5 Å². The molecular formula is C27H31ClN2O6. The van der Waals surface area contributed by atoms with Crippen molar-refractivity contribution in [3.05, 3.63) is 75.1 Å². The van der Waals surface area contributed by atoms with Crippen LogP contribution in [0.1, 0.15) is 24.0 Å². The first kappa shape index (κ1) is 26.2. The van der Waals surface area contributed by atoms with Gasteiger partial charge in [0.1, 0.15) is 11.3 Å². The van der Waals surface area contributed by atoms with Gasteiger partial charge in [-0.2, -0.15) is 0 Å². The smallest absolute Gasteiger partial charge is 0.339 e. The number of fused-ring (bicyclic) bond motifs is 1. The number of nitrogens with one attached hydrogen (secondary N) is 1. The lowest BCUT2D eigenvalue weighted by Gasteiger charge is -2.26. The molecular weight excluding hydrogens is 484 g/mol. The third kappa shape index (κ3) is 7.30. The maximum absolute atomic E-state index is 12.5. The standard InChI is InChI=1S/C27H31ClN2O6/c28-23-7-6-20-16-22(27(32)36-25(20)18-23)17-21(26(31)29-33)5-2-19-3-8-24(9-4-19)35-13-1-10-30-11-14-34-15-12-30/h3-4,6-9,16,18,21,33H,1-2,5,10-15,17H2,(H,29,31). The van der Waals surface area contributed by atoms with E-state index in [4.69, 9.17) is 25.5 Å². The number of hydrogen-bond donors (Lipinski definition) is 2. The van der Waals surface area contributed by atoms with E-state index >= 15 is 0 Å². The highest BCUT2D eigenvalue weighted by Gasteiger charge is 2.21. The number of ether oxygens (including phenoxy) is 2. The van der Waals surface area contributed by atoms with Gasteiger partial charge in [-0.3, -0.25) is 14.9 Å². The molecule has 192 valence electrons. The molecule has 0 spiro atoms. The van der Waals surface area contributed by atoms with E-state index in [9.17, 15) is 14.8 Å². The molecule has 1 aromatic heterocycles. The second-order valence-electron chi connectivity index (χ2n) is 8.96. The molecule has 2 N–H and O–H groups in total. The number of amides is 1. The fourth-order valence-electron chi connectivity index (χ4n) is 4.35. The predicted octanol–water partition coefficient (Wildman–Crippen LogP) is 3.84. The van der Waals surface area contributed by atoms with E-state index < -0.39 is 17.5 Å². The molecule has 36 heavy (non-hydrogen) atoms. The van der Waals surface area contributed by atoms with Crippen LogP contribution in [0.3, 0.4) is 0 Å². The average Bonchev–Trinajstić information content (AvgIpc) is 2.90. The summed E-state index contributed by atoms with van der Waals surface area (Å²) in [6.07, 6.45) is 2.15. The number of benzene rings is 2. The Bertz CT molecular complexity index is 1210. The van der Waals surface area contributed by atoms with Crippen molar-refractivity contribution < 1.29 is 23.9 Å². The van der Waals surface area contributed by atoms with Gasteiger partial charge in [-0.25, -0.2) is 10.3 Å². The maximum Gasteiger partial charge on any atom is 0.339 e. The van der Waals surface area contributed by atoms with Crippen LogP contribution in [-0.2, 0) is 22.4 Å². The van der Waals surface area contributed by atoms with Crippen LogP contribution in [0, 0.1) is 5.92 Å². The van der Waals surface area contributed by atoms with E-state index in [1.807, 2.05) is 24.3 Å². The van der Waals surface area contributed by atoms with Crippen LogP contribution < -0.4 is 15.8 Å². The molecule has 2 aromatic carbocycles. The summed E-state index contributed by atoms with van der Waals surface area (Å²) < 4.78 is 16.6. The van der Waals surface area contributed by atoms with Gasteiger partial charge in [-0.15, -0.1) is 0 Å². The van der Waals surface area contributed by atoms with E-state index in [1.165, 1.54) is 0 Å². The quantitative estimate of drug-likeness (QED) is 0.173. The van der Waals surface area contributed by atoms with Crippen molar-refractivity contribution in [1.29, 1.82) is 0 Å². The number of morpholine rings is 1. The van der Waals surface area contributed by atoms with E-state index in [0.717, 1.165) is 56.0 Å². The lowest BCUT2D eigenvalue weighted by Crippen LogP contribution is -2.37. The van der Waals surface area contributed by atoms with Crippen molar-refractivity contribution in [2.24, 2.45) is 5.92 Å². The van der Waals surface area contributed by atoms with Crippen LogP contribution in [0.4, 0.5) is 0 Å². The molecule has 8 nitrogen and oxygen atoms in total. The summed E-state index contributed by atoms with van der Waals surface area (Å²) in [6.45, 7) is 5.20. The fraction of sp³-hybridized carbons (Fsp3) is 0.407. The molecule has 1 fully saturated rings. The van der Waals surface area contributed by atoms with Gasteiger partial charge in [0, 0.05) is 47.6 Å². The van der Waals surface area contributed by atoms with Gasteiger partial charge in [0.05, 0.1) is 19.8 Å². The molecule has 4 rings (SSSR count). The van der Waals surface area contributed by atoms with Crippen LogP contribution in [0.5, 0.6) is 5.75 Å². The number of rotatable bonds is 11. The molecule has 0 aliphatic carbocycles. The number of aryl methyl sites for hydroxylation is 1. The molecule has 1 unspecified atom stereocenters. The highest BCUT2D eigenvalue weighted by Crippen LogP contribution is 2.22. The van der Waals surface area contributed by atoms with Gasteiger partial charge in [0.25, 0.3) is 0 Å². The summed E-state index contributed by atoms with van der Waals surface area (Å²) >= 11 is 5.97. The summed E-state index contributed by atoms with van der Waals surface area (Å²) in [7, 11) is 0. The number of halogens is 1. The molecule has 0 bridgehead atoms. The van der Waals surface area contributed by atoms with E-state index in [1.54, 1.807) is 29.7 Å². The maximum atomic E-state index is 12.5. The Labute approximate surface area is 214 Å². The number of hydrogen-bond acceptors (Lipinski definition) is 7. The normalized spacial score (nSPS) is 15.1. The van der Waals surface area contributed by atoms with Crippen LogP contribution in [0.25, 0.3) is 11.0 Å². The molecule has 1 aliphatic heterocycles. The zero-order valence-electron chi connectivity index (χ0n) is 20.1. The number of hydroxylamine groups is 1. The summed E-state index contributed by atoms with van der Waals surface area (Å²) in [5.41, 5.74) is 3.01. The second kappa shape index (κ2) is 12.9. The Morgan fingerprint density at radius 3 is 2.67 bits per heavy atom. The van der Waals surface area contributed by atoms with Crippen molar-refractivity contribution in [2.45, 2.75) is 25.7 Å². The second-order valence-corrected chi connectivity index (χ2v) is 9.39. The van der Waals surface area contributed by atoms with Crippen LogP contribution in [0.2, 0.25) is 5.02 Å². The van der Waals surface area contributed by atoms with Crippen molar-refractivity contribution in [1.82, 2.24) is 10.4 Å². The number of nitrogens with zero attached hydrogens (tertiary/aromatic N) is 1. The Morgan fingerprint density at radius 2 is 1.92 bits per heavy atom. The third-order valence-corrected chi connectivity index (χ3v) is 6.65. The van der Waals surface area contributed by atoms with Gasteiger partial charge < -0.3 is 13.9 Å². The minimum atomic E-state index is -0.598. The number of carbonyl (C=O) groups excluding carboxylic acids is 1. The minimum Gasteiger partial charge on any atom is -0.494 e. The topological polar surface area (TPSA) is 101 Å². The van der Waals surface area contributed by atoms with Crippen molar-refractivity contribution in [3.8, 4) is 5.75 Å². The Morgan fingerprint density at radius 1 is 1.14 bits per heavy atom. The fourth-order valence-corrected chi connectivity index (χ4v) is 4.51. The molecule has 3 aromatic rings. The van der Waals surface area contributed by atoms with Gasteiger partial charge in [-0.05, 0) is 61.6 Å². The van der Waals surface area contributed by atoms with E-state index in [2.05, 4.69) is 4.90 Å². The molecule has 9 heteroatoms. The predicted molar refractivity (Wildman–Crippen MR) is 137 cm³/mol. The van der Waals surface area contributed by atoms with Gasteiger partial charge in [-0.1, -0.05) is 23.7 Å². The molecule has 0 radical (unpaired) electrons. The van der Waals surface area contributed by atoms with Crippen molar-refractivity contribution in [2.75, 3.05) is 39.5 Å². The Hall–Kier alpha value is -2.91. The van der Waals surface area contributed by atoms with Crippen LogP contribution in [0.15, 0.2) is 57.7 Å². The Balaban J connectivity index is 1.30.